The van der Waals surface area contributed by atoms with Crippen LogP contribution >= 0.6 is 0 Å². The van der Waals surface area contributed by atoms with Crippen LogP contribution in [0.3, 0.4) is 0 Å². The highest BCUT2D eigenvalue weighted by molar-refractivity contribution is 5.99. The first-order chi connectivity index (χ1) is 12.0. The number of Topliss-reactive ketones (excluding diaryl/α,β-unsaturated/α-hetero) is 1. The number of aromatic nitrogens is 1. The van der Waals surface area contributed by atoms with Gasteiger partial charge >= 0.3 is 0 Å². The van der Waals surface area contributed by atoms with Crippen LogP contribution in [-0.4, -0.2) is 42.3 Å². The number of hydrogen-bond donors (Lipinski definition) is 1. The van der Waals surface area contributed by atoms with Gasteiger partial charge in [-0.3, -0.25) is 9.59 Å². The molecule has 1 saturated heterocycles. The van der Waals surface area contributed by atoms with Crippen LogP contribution < -0.4 is 9.47 Å². The van der Waals surface area contributed by atoms with E-state index in [2.05, 4.69) is 4.98 Å². The summed E-state index contributed by atoms with van der Waals surface area (Å²) in [4.78, 5) is 29.1. The van der Waals surface area contributed by atoms with Gasteiger partial charge < -0.3 is 19.4 Å². The standard InChI is InChI=1S/C19H22N2O4/c1-12(22)14-9-15(20-11-14)19(23)21-8-4-5-16(21)13-6-7-17(24-2)18(10-13)25-3/h6-7,9-11,16,20H,4-5,8H2,1-3H3/t16-/m0/s1. The van der Waals surface area contributed by atoms with Crippen LogP contribution in [0.15, 0.2) is 30.5 Å². The molecule has 6 nitrogen and oxygen atoms in total. The summed E-state index contributed by atoms with van der Waals surface area (Å²) < 4.78 is 10.7. The molecule has 0 unspecified atom stereocenters. The maximum atomic E-state index is 12.9. The molecule has 1 atom stereocenters. The topological polar surface area (TPSA) is 71.6 Å². The average molecular weight is 342 g/mol. The van der Waals surface area contributed by atoms with E-state index in [1.54, 1.807) is 26.5 Å². The third-order valence-corrected chi connectivity index (χ3v) is 4.63. The van der Waals surface area contributed by atoms with Crippen molar-refractivity contribution in [3.05, 3.63) is 47.3 Å². The Morgan fingerprint density at radius 3 is 2.56 bits per heavy atom. The minimum Gasteiger partial charge on any atom is -0.493 e. The van der Waals surface area contributed by atoms with Crippen molar-refractivity contribution in [2.75, 3.05) is 20.8 Å². The van der Waals surface area contributed by atoms with Crippen LogP contribution in [0, 0.1) is 0 Å². The third-order valence-electron chi connectivity index (χ3n) is 4.63. The van der Waals surface area contributed by atoms with Gasteiger partial charge in [0.2, 0.25) is 0 Å². The van der Waals surface area contributed by atoms with Crippen LogP contribution in [0.2, 0.25) is 0 Å². The number of nitrogens with zero attached hydrogens (tertiary/aromatic N) is 1. The van der Waals surface area contributed by atoms with Crippen molar-refractivity contribution >= 4 is 11.7 Å². The molecule has 2 aromatic rings. The highest BCUT2D eigenvalue weighted by atomic mass is 16.5. The molecule has 0 spiro atoms. The number of carbonyl (C=O) groups is 2. The number of likely N-dealkylation sites (tertiary alicyclic amines) is 1. The number of carbonyl (C=O) groups excluding carboxylic acids is 2. The molecule has 0 radical (unpaired) electrons. The fourth-order valence-corrected chi connectivity index (χ4v) is 3.29. The summed E-state index contributed by atoms with van der Waals surface area (Å²) in [6, 6.07) is 7.35. The predicted octanol–water partition coefficient (Wildman–Crippen LogP) is 3.21. The van der Waals surface area contributed by atoms with E-state index < -0.39 is 0 Å². The molecule has 25 heavy (non-hydrogen) atoms. The lowest BCUT2D eigenvalue weighted by Gasteiger charge is -2.25. The largest absolute Gasteiger partial charge is 0.493 e. The summed E-state index contributed by atoms with van der Waals surface area (Å²) in [5.74, 6) is 1.16. The summed E-state index contributed by atoms with van der Waals surface area (Å²) in [6.07, 6.45) is 3.41. The van der Waals surface area contributed by atoms with E-state index in [1.165, 1.54) is 6.92 Å². The van der Waals surface area contributed by atoms with E-state index in [9.17, 15) is 9.59 Å². The summed E-state index contributed by atoms with van der Waals surface area (Å²) in [7, 11) is 3.20. The molecule has 1 aliphatic heterocycles. The van der Waals surface area contributed by atoms with Gasteiger partial charge in [0.25, 0.3) is 5.91 Å². The first kappa shape index (κ1) is 17.1. The Bertz CT molecular complexity index is 796. The molecule has 6 heteroatoms. The number of benzene rings is 1. The number of ketones is 1. The molecule has 1 aromatic heterocycles. The lowest BCUT2D eigenvalue weighted by molar-refractivity contribution is 0.0730. The zero-order valence-electron chi connectivity index (χ0n) is 14.7. The maximum Gasteiger partial charge on any atom is 0.270 e. The fraction of sp³-hybridized carbons (Fsp3) is 0.368. The molecule has 1 fully saturated rings. The fourth-order valence-electron chi connectivity index (χ4n) is 3.29. The minimum absolute atomic E-state index is 0.0172. The average Bonchev–Trinajstić information content (AvgIpc) is 3.30. The Balaban J connectivity index is 1.87. The molecule has 1 aromatic carbocycles. The number of methoxy groups -OCH3 is 2. The molecule has 1 amide bonds. The van der Waals surface area contributed by atoms with E-state index in [-0.39, 0.29) is 17.7 Å². The van der Waals surface area contributed by atoms with Gasteiger partial charge in [-0.2, -0.15) is 0 Å². The number of ether oxygens (including phenoxy) is 2. The van der Waals surface area contributed by atoms with Gasteiger partial charge in [0.15, 0.2) is 17.3 Å². The van der Waals surface area contributed by atoms with Gasteiger partial charge in [-0.1, -0.05) is 6.07 Å². The second-order valence-electron chi connectivity index (χ2n) is 6.13. The molecule has 132 valence electrons. The highest BCUT2D eigenvalue weighted by Crippen LogP contribution is 2.37. The third kappa shape index (κ3) is 3.24. The zero-order valence-corrected chi connectivity index (χ0v) is 14.7. The van der Waals surface area contributed by atoms with E-state index in [1.807, 2.05) is 23.1 Å². The van der Waals surface area contributed by atoms with Crippen molar-refractivity contribution in [3.8, 4) is 11.5 Å². The van der Waals surface area contributed by atoms with Gasteiger partial charge in [-0.25, -0.2) is 0 Å². The minimum atomic E-state index is -0.0928. The molecular weight excluding hydrogens is 320 g/mol. The molecule has 1 aliphatic rings. The van der Waals surface area contributed by atoms with Crippen LogP contribution in [-0.2, 0) is 0 Å². The molecule has 0 aliphatic carbocycles. The summed E-state index contributed by atoms with van der Waals surface area (Å²) >= 11 is 0. The second-order valence-corrected chi connectivity index (χ2v) is 6.13. The van der Waals surface area contributed by atoms with Crippen molar-refractivity contribution in [1.29, 1.82) is 0 Å². The van der Waals surface area contributed by atoms with E-state index >= 15 is 0 Å². The van der Waals surface area contributed by atoms with Crippen molar-refractivity contribution in [3.63, 3.8) is 0 Å². The van der Waals surface area contributed by atoms with Crippen molar-refractivity contribution in [1.82, 2.24) is 9.88 Å². The summed E-state index contributed by atoms with van der Waals surface area (Å²) in [5, 5.41) is 0. The number of hydrogen-bond acceptors (Lipinski definition) is 4. The van der Waals surface area contributed by atoms with Crippen LogP contribution in [0.5, 0.6) is 11.5 Å². The Morgan fingerprint density at radius 2 is 1.92 bits per heavy atom. The van der Waals surface area contributed by atoms with Gasteiger partial charge in [-0.05, 0) is 43.5 Å². The van der Waals surface area contributed by atoms with Gasteiger partial charge in [0, 0.05) is 18.3 Å². The lowest BCUT2D eigenvalue weighted by Crippen LogP contribution is -2.30. The SMILES string of the molecule is COc1ccc([C@@H]2CCCN2C(=O)c2cc(C(C)=O)c[nH]2)cc1OC. The van der Waals surface area contributed by atoms with E-state index in [4.69, 9.17) is 9.47 Å². The molecule has 3 rings (SSSR count). The van der Waals surface area contributed by atoms with Crippen molar-refractivity contribution in [2.45, 2.75) is 25.8 Å². The first-order valence-corrected chi connectivity index (χ1v) is 8.27. The number of H-pyrrole nitrogens is 1. The predicted molar refractivity (Wildman–Crippen MR) is 93.4 cm³/mol. The summed E-state index contributed by atoms with van der Waals surface area (Å²) in [6.45, 7) is 2.17. The Hall–Kier alpha value is -2.76. The quantitative estimate of drug-likeness (QED) is 0.847. The number of aromatic amines is 1. The van der Waals surface area contributed by atoms with Gasteiger partial charge in [0.05, 0.1) is 20.3 Å². The molecule has 0 saturated carbocycles. The van der Waals surface area contributed by atoms with Crippen LogP contribution in [0.25, 0.3) is 0 Å². The first-order valence-electron chi connectivity index (χ1n) is 8.27. The van der Waals surface area contributed by atoms with Crippen LogP contribution in [0.4, 0.5) is 0 Å². The zero-order chi connectivity index (χ0) is 18.0. The molecule has 0 bridgehead atoms. The molecule has 2 heterocycles. The highest BCUT2D eigenvalue weighted by Gasteiger charge is 2.32. The number of nitrogens with one attached hydrogen (secondary N) is 1. The van der Waals surface area contributed by atoms with Gasteiger partial charge in [0.1, 0.15) is 5.69 Å². The van der Waals surface area contributed by atoms with Crippen molar-refractivity contribution in [2.24, 2.45) is 0 Å². The Morgan fingerprint density at radius 1 is 1.16 bits per heavy atom. The molecular formula is C19H22N2O4. The number of amides is 1. The maximum absolute atomic E-state index is 12.9. The Kier molecular flexibility index (Phi) is 4.79. The lowest BCUT2D eigenvalue weighted by atomic mass is 10.0. The monoisotopic (exact) mass is 342 g/mol. The Labute approximate surface area is 146 Å². The van der Waals surface area contributed by atoms with E-state index in [0.29, 0.717) is 29.3 Å². The smallest absolute Gasteiger partial charge is 0.270 e. The van der Waals surface area contributed by atoms with E-state index in [0.717, 1.165) is 18.4 Å². The second kappa shape index (κ2) is 7.01. The van der Waals surface area contributed by atoms with Gasteiger partial charge in [-0.15, -0.1) is 0 Å². The van der Waals surface area contributed by atoms with Crippen LogP contribution in [0.1, 0.15) is 52.2 Å². The number of rotatable bonds is 5. The van der Waals surface area contributed by atoms with Crippen molar-refractivity contribution < 1.29 is 19.1 Å². The summed E-state index contributed by atoms with van der Waals surface area (Å²) in [5.41, 5.74) is 1.98. The molecule has 1 N–H and O–H groups in total. The normalized spacial score (nSPS) is 16.8.